The fourth-order valence-corrected chi connectivity index (χ4v) is 2.45. The molecule has 1 fully saturated rings. The number of anilines is 1. The molecule has 96 valence electrons. The zero-order chi connectivity index (χ0) is 13.1. The van der Waals surface area contributed by atoms with Crippen molar-refractivity contribution in [3.8, 4) is 6.07 Å². The predicted molar refractivity (Wildman–Crippen MR) is 73.7 cm³/mol. The van der Waals surface area contributed by atoms with Gasteiger partial charge in [-0.2, -0.15) is 5.26 Å². The van der Waals surface area contributed by atoms with Crippen molar-refractivity contribution >= 4 is 16.6 Å². The molecule has 2 aromatic rings. The third-order valence-electron chi connectivity index (χ3n) is 3.50. The van der Waals surface area contributed by atoms with Crippen LogP contribution in [0.2, 0.25) is 0 Å². The summed E-state index contributed by atoms with van der Waals surface area (Å²) in [5.41, 5.74) is 1.98. The van der Waals surface area contributed by atoms with Crippen molar-refractivity contribution in [1.29, 1.82) is 5.26 Å². The van der Waals surface area contributed by atoms with Crippen LogP contribution < -0.4 is 10.6 Å². The van der Waals surface area contributed by atoms with Gasteiger partial charge >= 0.3 is 0 Å². The third-order valence-corrected chi connectivity index (χ3v) is 3.50. The maximum Gasteiger partial charge on any atom is 0.186 e. The van der Waals surface area contributed by atoms with Crippen LogP contribution in [0.3, 0.4) is 0 Å². The Kier molecular flexibility index (Phi) is 3.25. The van der Waals surface area contributed by atoms with Crippen LogP contribution in [0, 0.1) is 17.2 Å². The number of benzene rings is 1. The van der Waals surface area contributed by atoms with Gasteiger partial charge in [0.2, 0.25) is 0 Å². The first kappa shape index (κ1) is 11.9. The summed E-state index contributed by atoms with van der Waals surface area (Å²) in [5.74, 6) is 0.610. The van der Waals surface area contributed by atoms with Gasteiger partial charge in [-0.05, 0) is 31.5 Å². The van der Waals surface area contributed by atoms with Gasteiger partial charge in [-0.1, -0.05) is 18.2 Å². The molecule has 1 aromatic heterocycles. The lowest BCUT2D eigenvalue weighted by Gasteiger charge is -2.13. The average molecular weight is 253 g/mol. The van der Waals surface area contributed by atoms with Crippen LogP contribution >= 0.6 is 0 Å². The lowest BCUT2D eigenvalue weighted by molar-refractivity contribution is 0.615. The van der Waals surface area contributed by atoms with E-state index in [1.165, 1.54) is 6.42 Å². The predicted octanol–water partition coefficient (Wildman–Crippen LogP) is 1.52. The van der Waals surface area contributed by atoms with E-state index in [9.17, 15) is 0 Å². The molecule has 1 aliphatic heterocycles. The Morgan fingerprint density at radius 2 is 2.26 bits per heavy atom. The van der Waals surface area contributed by atoms with Gasteiger partial charge in [-0.3, -0.25) is 0 Å². The van der Waals surface area contributed by atoms with Gasteiger partial charge in [0.15, 0.2) is 5.69 Å². The number of rotatable bonds is 3. The van der Waals surface area contributed by atoms with E-state index in [2.05, 4.69) is 26.9 Å². The topological polar surface area (TPSA) is 73.6 Å². The SMILES string of the molecule is N#Cc1nnc2ccccc2c1NCC1CCNC1. The normalized spacial score (nSPS) is 18.4. The molecule has 0 radical (unpaired) electrons. The number of nitrogens with one attached hydrogen (secondary N) is 2. The van der Waals surface area contributed by atoms with Gasteiger partial charge in [0.05, 0.1) is 11.2 Å². The third kappa shape index (κ3) is 2.35. The molecular formula is C14H15N5. The van der Waals surface area contributed by atoms with Crippen LogP contribution in [0.1, 0.15) is 12.1 Å². The molecule has 5 nitrogen and oxygen atoms in total. The van der Waals surface area contributed by atoms with Gasteiger partial charge in [0.25, 0.3) is 0 Å². The molecule has 2 N–H and O–H groups in total. The molecule has 1 aromatic carbocycles. The summed E-state index contributed by atoms with van der Waals surface area (Å²) in [7, 11) is 0. The number of aromatic nitrogens is 2. The molecule has 0 aliphatic carbocycles. The van der Waals surface area contributed by atoms with E-state index in [0.717, 1.165) is 36.2 Å². The Labute approximate surface area is 111 Å². The lowest BCUT2D eigenvalue weighted by Crippen LogP contribution is -2.18. The van der Waals surface area contributed by atoms with Crippen LogP contribution in [0.15, 0.2) is 24.3 Å². The molecule has 1 aliphatic rings. The van der Waals surface area contributed by atoms with E-state index >= 15 is 0 Å². The van der Waals surface area contributed by atoms with E-state index in [0.29, 0.717) is 11.6 Å². The summed E-state index contributed by atoms with van der Waals surface area (Å²) in [6.07, 6.45) is 1.17. The molecule has 3 rings (SSSR count). The number of fused-ring (bicyclic) bond motifs is 1. The molecule has 5 heteroatoms. The summed E-state index contributed by atoms with van der Waals surface area (Å²) < 4.78 is 0. The Morgan fingerprint density at radius 1 is 1.37 bits per heavy atom. The van der Waals surface area contributed by atoms with E-state index in [1.54, 1.807) is 0 Å². The second kappa shape index (κ2) is 5.21. The van der Waals surface area contributed by atoms with Gasteiger partial charge < -0.3 is 10.6 Å². The lowest BCUT2D eigenvalue weighted by atomic mass is 10.1. The van der Waals surface area contributed by atoms with Crippen molar-refractivity contribution in [3.63, 3.8) is 0 Å². The Balaban J connectivity index is 1.93. The highest BCUT2D eigenvalue weighted by molar-refractivity contribution is 5.92. The maximum absolute atomic E-state index is 9.17. The highest BCUT2D eigenvalue weighted by Gasteiger charge is 2.16. The monoisotopic (exact) mass is 253 g/mol. The highest BCUT2D eigenvalue weighted by atomic mass is 15.1. The highest BCUT2D eigenvalue weighted by Crippen LogP contribution is 2.24. The summed E-state index contributed by atoms with van der Waals surface area (Å²) in [6, 6.07) is 9.87. The zero-order valence-corrected chi connectivity index (χ0v) is 10.6. The van der Waals surface area contributed by atoms with Gasteiger partial charge in [-0.15, -0.1) is 10.2 Å². The van der Waals surface area contributed by atoms with Crippen molar-refractivity contribution in [1.82, 2.24) is 15.5 Å². The first-order valence-corrected chi connectivity index (χ1v) is 6.48. The summed E-state index contributed by atoms with van der Waals surface area (Å²) in [4.78, 5) is 0. The van der Waals surface area contributed by atoms with Crippen LogP contribution in [0.25, 0.3) is 10.9 Å². The number of nitriles is 1. The standard InChI is InChI=1S/C14H15N5/c15-7-13-14(17-9-10-5-6-16-8-10)11-3-1-2-4-12(11)18-19-13/h1-4,10,16H,5-6,8-9H2,(H,17,18). The summed E-state index contributed by atoms with van der Waals surface area (Å²) in [6.45, 7) is 2.97. The molecule has 1 saturated heterocycles. The van der Waals surface area contributed by atoms with Crippen molar-refractivity contribution in [2.75, 3.05) is 25.0 Å². The second-order valence-corrected chi connectivity index (χ2v) is 4.79. The van der Waals surface area contributed by atoms with E-state index in [-0.39, 0.29) is 0 Å². The molecule has 0 bridgehead atoms. The van der Waals surface area contributed by atoms with Crippen molar-refractivity contribution in [2.24, 2.45) is 5.92 Å². The fourth-order valence-electron chi connectivity index (χ4n) is 2.45. The fraction of sp³-hybridized carbons (Fsp3) is 0.357. The van der Waals surface area contributed by atoms with E-state index in [1.807, 2.05) is 24.3 Å². The Hall–Kier alpha value is -2.19. The Morgan fingerprint density at radius 3 is 3.05 bits per heavy atom. The number of hydrogen-bond donors (Lipinski definition) is 2. The number of nitrogens with zero attached hydrogens (tertiary/aromatic N) is 3. The van der Waals surface area contributed by atoms with Gasteiger partial charge in [-0.25, -0.2) is 0 Å². The minimum Gasteiger partial charge on any atom is -0.382 e. The van der Waals surface area contributed by atoms with Gasteiger partial charge in [0.1, 0.15) is 6.07 Å². The molecule has 0 saturated carbocycles. The maximum atomic E-state index is 9.17. The molecule has 1 atom stereocenters. The molecule has 0 amide bonds. The molecule has 2 heterocycles. The zero-order valence-electron chi connectivity index (χ0n) is 10.6. The second-order valence-electron chi connectivity index (χ2n) is 4.79. The smallest absolute Gasteiger partial charge is 0.186 e. The van der Waals surface area contributed by atoms with Crippen molar-refractivity contribution in [2.45, 2.75) is 6.42 Å². The van der Waals surface area contributed by atoms with Crippen LogP contribution in [0.5, 0.6) is 0 Å². The first-order chi connectivity index (χ1) is 9.38. The van der Waals surface area contributed by atoms with Crippen molar-refractivity contribution in [3.05, 3.63) is 30.0 Å². The molecule has 0 spiro atoms. The summed E-state index contributed by atoms with van der Waals surface area (Å²) >= 11 is 0. The van der Waals surface area contributed by atoms with Crippen LogP contribution in [-0.2, 0) is 0 Å². The van der Waals surface area contributed by atoms with Gasteiger partial charge in [0, 0.05) is 11.9 Å². The van der Waals surface area contributed by atoms with Crippen LogP contribution in [-0.4, -0.2) is 29.8 Å². The van der Waals surface area contributed by atoms with E-state index < -0.39 is 0 Å². The van der Waals surface area contributed by atoms with Crippen LogP contribution in [0.4, 0.5) is 5.69 Å². The minimum absolute atomic E-state index is 0.365. The molecule has 19 heavy (non-hydrogen) atoms. The largest absolute Gasteiger partial charge is 0.382 e. The minimum atomic E-state index is 0.365. The summed E-state index contributed by atoms with van der Waals surface area (Å²) in [5, 5.41) is 24.9. The molecular weight excluding hydrogens is 238 g/mol. The van der Waals surface area contributed by atoms with Crippen molar-refractivity contribution < 1.29 is 0 Å². The van der Waals surface area contributed by atoms with E-state index in [4.69, 9.17) is 5.26 Å². The quantitative estimate of drug-likeness (QED) is 0.867. The molecule has 1 unspecified atom stereocenters. The average Bonchev–Trinajstić information content (AvgIpc) is 2.97. The first-order valence-electron chi connectivity index (χ1n) is 6.48. The Bertz CT molecular complexity index is 625. The number of hydrogen-bond acceptors (Lipinski definition) is 5.